The lowest BCUT2D eigenvalue weighted by molar-refractivity contribution is 0.134. The van der Waals surface area contributed by atoms with Crippen LogP contribution in [-0.2, 0) is 6.54 Å². The lowest BCUT2D eigenvalue weighted by Gasteiger charge is -2.38. The number of aliphatic imine (C=N–C) groups is 1. The standard InChI is InChI=1S/C23H39N5.HI/c1-4-27-13-8-11-21(17-27)16-25-23(24-3)26-22-12-14-28(19(2)15-22)18-20-9-6-5-7-10-20;/h5-7,9-10,19,21-22H,4,8,11-18H2,1-3H3,(H2,24,25,26);1H. The van der Waals surface area contributed by atoms with Crippen LogP contribution in [0.3, 0.4) is 0 Å². The van der Waals surface area contributed by atoms with Crippen LogP contribution in [0.1, 0.15) is 45.1 Å². The van der Waals surface area contributed by atoms with Crippen molar-refractivity contribution in [3.63, 3.8) is 0 Å². The molecule has 2 fully saturated rings. The van der Waals surface area contributed by atoms with Gasteiger partial charge < -0.3 is 15.5 Å². The normalized spacial score (nSPS) is 26.6. The van der Waals surface area contributed by atoms with E-state index < -0.39 is 0 Å². The summed E-state index contributed by atoms with van der Waals surface area (Å²) in [6, 6.07) is 11.9. The molecule has 0 radical (unpaired) electrons. The van der Waals surface area contributed by atoms with E-state index in [0.29, 0.717) is 12.1 Å². The lowest BCUT2D eigenvalue weighted by atomic mass is 9.97. The van der Waals surface area contributed by atoms with Crippen molar-refractivity contribution in [2.45, 2.75) is 58.2 Å². The summed E-state index contributed by atoms with van der Waals surface area (Å²) in [7, 11) is 1.89. The lowest BCUT2D eigenvalue weighted by Crippen LogP contribution is -2.52. The van der Waals surface area contributed by atoms with Gasteiger partial charge in [0.15, 0.2) is 5.96 Å². The third-order valence-electron chi connectivity index (χ3n) is 6.42. The molecule has 1 aromatic carbocycles. The molecule has 29 heavy (non-hydrogen) atoms. The van der Waals surface area contributed by atoms with Gasteiger partial charge in [-0.25, -0.2) is 0 Å². The summed E-state index contributed by atoms with van der Waals surface area (Å²) in [6.07, 6.45) is 4.99. The summed E-state index contributed by atoms with van der Waals surface area (Å²) in [5.74, 6) is 1.71. The summed E-state index contributed by atoms with van der Waals surface area (Å²) in [5.41, 5.74) is 1.41. The predicted octanol–water partition coefficient (Wildman–Crippen LogP) is 3.55. The summed E-state index contributed by atoms with van der Waals surface area (Å²) >= 11 is 0. The number of hydrogen-bond donors (Lipinski definition) is 2. The second kappa shape index (κ2) is 12.7. The van der Waals surface area contributed by atoms with Crippen molar-refractivity contribution in [3.8, 4) is 0 Å². The Morgan fingerprint density at radius 2 is 1.97 bits per heavy atom. The molecule has 164 valence electrons. The number of piperidine rings is 2. The summed E-state index contributed by atoms with van der Waals surface area (Å²) in [4.78, 5) is 9.65. The van der Waals surface area contributed by atoms with Crippen molar-refractivity contribution in [2.24, 2.45) is 10.9 Å². The first-order valence-corrected chi connectivity index (χ1v) is 11.2. The van der Waals surface area contributed by atoms with E-state index in [1.807, 2.05) is 7.05 Å². The zero-order chi connectivity index (χ0) is 19.8. The van der Waals surface area contributed by atoms with Gasteiger partial charge in [-0.15, -0.1) is 24.0 Å². The van der Waals surface area contributed by atoms with E-state index in [9.17, 15) is 0 Å². The fourth-order valence-electron chi connectivity index (χ4n) is 4.64. The molecule has 0 saturated carbocycles. The maximum Gasteiger partial charge on any atom is 0.191 e. The highest BCUT2D eigenvalue weighted by Crippen LogP contribution is 2.20. The molecule has 0 bridgehead atoms. The number of benzene rings is 1. The average molecular weight is 514 g/mol. The maximum atomic E-state index is 4.48. The molecule has 0 amide bonds. The molecule has 2 heterocycles. The van der Waals surface area contributed by atoms with E-state index in [1.54, 1.807) is 0 Å². The Hall–Kier alpha value is -0.860. The number of likely N-dealkylation sites (tertiary alicyclic amines) is 2. The third-order valence-corrected chi connectivity index (χ3v) is 6.42. The van der Waals surface area contributed by atoms with Gasteiger partial charge in [0.1, 0.15) is 0 Å². The van der Waals surface area contributed by atoms with Gasteiger partial charge in [-0.3, -0.25) is 9.89 Å². The Balaban J connectivity index is 0.00000300. The van der Waals surface area contributed by atoms with Crippen LogP contribution in [0.4, 0.5) is 0 Å². The van der Waals surface area contributed by atoms with Crippen molar-refractivity contribution in [3.05, 3.63) is 35.9 Å². The number of hydrogen-bond acceptors (Lipinski definition) is 3. The fourth-order valence-corrected chi connectivity index (χ4v) is 4.64. The van der Waals surface area contributed by atoms with Crippen LogP contribution < -0.4 is 10.6 Å². The van der Waals surface area contributed by atoms with Crippen LogP contribution in [0.2, 0.25) is 0 Å². The highest BCUT2D eigenvalue weighted by Gasteiger charge is 2.26. The van der Waals surface area contributed by atoms with E-state index in [2.05, 4.69) is 69.6 Å². The summed E-state index contributed by atoms with van der Waals surface area (Å²) in [5, 5.41) is 7.28. The molecule has 2 aliphatic rings. The second-order valence-electron chi connectivity index (χ2n) is 8.53. The number of halogens is 1. The van der Waals surface area contributed by atoms with Crippen molar-refractivity contribution in [1.29, 1.82) is 0 Å². The largest absolute Gasteiger partial charge is 0.356 e. The van der Waals surface area contributed by atoms with E-state index in [1.165, 1.54) is 50.9 Å². The Morgan fingerprint density at radius 3 is 2.66 bits per heavy atom. The van der Waals surface area contributed by atoms with Gasteiger partial charge in [0.05, 0.1) is 0 Å². The van der Waals surface area contributed by atoms with Gasteiger partial charge in [0, 0.05) is 45.3 Å². The molecule has 3 rings (SSSR count). The number of guanidine groups is 1. The first kappa shape index (κ1) is 24.4. The molecular formula is C23H40IN5. The molecule has 5 nitrogen and oxygen atoms in total. The molecule has 0 aliphatic carbocycles. The van der Waals surface area contributed by atoms with E-state index >= 15 is 0 Å². The molecule has 0 aromatic heterocycles. The molecule has 6 heteroatoms. The number of rotatable bonds is 6. The minimum atomic E-state index is 0. The van der Waals surface area contributed by atoms with Crippen molar-refractivity contribution >= 4 is 29.9 Å². The zero-order valence-corrected chi connectivity index (χ0v) is 20.8. The molecule has 1 aromatic rings. The molecular weight excluding hydrogens is 473 g/mol. The Bertz CT molecular complexity index is 609. The van der Waals surface area contributed by atoms with Gasteiger partial charge in [-0.1, -0.05) is 37.3 Å². The van der Waals surface area contributed by atoms with Gasteiger partial charge in [-0.2, -0.15) is 0 Å². The molecule has 2 saturated heterocycles. The van der Waals surface area contributed by atoms with Gasteiger partial charge in [-0.05, 0) is 57.2 Å². The van der Waals surface area contributed by atoms with Crippen molar-refractivity contribution in [2.75, 3.05) is 39.8 Å². The van der Waals surface area contributed by atoms with Crippen molar-refractivity contribution in [1.82, 2.24) is 20.4 Å². The first-order chi connectivity index (χ1) is 13.7. The second-order valence-corrected chi connectivity index (χ2v) is 8.53. The SMILES string of the molecule is CCN1CCCC(CNC(=NC)NC2CCN(Cc3ccccc3)C(C)C2)C1.I. The number of nitrogens with zero attached hydrogens (tertiary/aromatic N) is 3. The molecule has 3 unspecified atom stereocenters. The van der Waals surface area contributed by atoms with E-state index in [-0.39, 0.29) is 24.0 Å². The highest BCUT2D eigenvalue weighted by molar-refractivity contribution is 14.0. The Morgan fingerprint density at radius 1 is 1.17 bits per heavy atom. The quantitative estimate of drug-likeness (QED) is 0.347. The maximum absolute atomic E-state index is 4.48. The molecule has 0 spiro atoms. The van der Waals surface area contributed by atoms with Crippen LogP contribution in [0.5, 0.6) is 0 Å². The average Bonchev–Trinajstić information content (AvgIpc) is 2.74. The minimum absolute atomic E-state index is 0. The van der Waals surface area contributed by atoms with Gasteiger partial charge in [0.2, 0.25) is 0 Å². The smallest absolute Gasteiger partial charge is 0.191 e. The van der Waals surface area contributed by atoms with Crippen LogP contribution in [0.15, 0.2) is 35.3 Å². The van der Waals surface area contributed by atoms with Crippen LogP contribution in [0.25, 0.3) is 0 Å². The third kappa shape index (κ3) is 7.72. The highest BCUT2D eigenvalue weighted by atomic mass is 127. The van der Waals surface area contributed by atoms with Crippen molar-refractivity contribution < 1.29 is 0 Å². The Kier molecular flexibility index (Phi) is 10.7. The molecule has 3 atom stereocenters. The topological polar surface area (TPSA) is 42.9 Å². The Labute approximate surface area is 194 Å². The first-order valence-electron chi connectivity index (χ1n) is 11.2. The number of nitrogens with one attached hydrogen (secondary N) is 2. The van der Waals surface area contributed by atoms with Gasteiger partial charge >= 0.3 is 0 Å². The summed E-state index contributed by atoms with van der Waals surface area (Å²) < 4.78 is 0. The monoisotopic (exact) mass is 513 g/mol. The van der Waals surface area contributed by atoms with Crippen LogP contribution in [-0.4, -0.2) is 67.6 Å². The predicted molar refractivity (Wildman–Crippen MR) is 134 cm³/mol. The van der Waals surface area contributed by atoms with E-state index in [0.717, 1.165) is 31.5 Å². The molecule has 2 N–H and O–H groups in total. The van der Waals surface area contributed by atoms with Gasteiger partial charge in [0.25, 0.3) is 0 Å². The minimum Gasteiger partial charge on any atom is -0.356 e. The van der Waals surface area contributed by atoms with Crippen LogP contribution >= 0.6 is 24.0 Å². The summed E-state index contributed by atoms with van der Waals surface area (Å²) in [6.45, 7) is 11.5. The fraction of sp³-hybridized carbons (Fsp3) is 0.696. The zero-order valence-electron chi connectivity index (χ0n) is 18.4. The molecule has 2 aliphatic heterocycles. The van der Waals surface area contributed by atoms with E-state index in [4.69, 9.17) is 0 Å². The van der Waals surface area contributed by atoms with Crippen LogP contribution in [0, 0.1) is 5.92 Å².